The fourth-order valence-electron chi connectivity index (χ4n) is 2.39. The Bertz CT molecular complexity index is 711. The van der Waals surface area contributed by atoms with Crippen molar-refractivity contribution in [2.75, 3.05) is 6.54 Å². The Morgan fingerprint density at radius 3 is 2.81 bits per heavy atom. The van der Waals surface area contributed by atoms with Gasteiger partial charge in [-0.15, -0.1) is 0 Å². The maximum Gasteiger partial charge on any atom is 0.125 e. The summed E-state index contributed by atoms with van der Waals surface area (Å²) in [7, 11) is 0. The maximum atomic E-state index is 5.86. The minimum atomic E-state index is 0.648. The zero-order valence-corrected chi connectivity index (χ0v) is 12.5. The van der Waals surface area contributed by atoms with E-state index in [1.54, 1.807) is 0 Å². The van der Waals surface area contributed by atoms with Crippen molar-refractivity contribution in [1.82, 2.24) is 15.1 Å². The molecule has 0 spiro atoms. The Morgan fingerprint density at radius 1 is 1.14 bits per heavy atom. The number of nitrogens with zero attached hydrogens (tertiary/aromatic N) is 2. The number of benzene rings is 1. The number of nitrogens with one attached hydrogen (secondary N) is 1. The Hall–Kier alpha value is -2.07. The number of fused-ring (bicyclic) bond motifs is 1. The van der Waals surface area contributed by atoms with Crippen LogP contribution in [0.15, 0.2) is 47.0 Å². The van der Waals surface area contributed by atoms with Crippen molar-refractivity contribution < 1.29 is 4.42 Å². The van der Waals surface area contributed by atoms with Gasteiger partial charge in [-0.2, -0.15) is 5.10 Å². The molecule has 2 heterocycles. The van der Waals surface area contributed by atoms with Crippen molar-refractivity contribution in [2.24, 2.45) is 5.92 Å². The van der Waals surface area contributed by atoms with Gasteiger partial charge in [0.1, 0.15) is 11.5 Å². The molecule has 0 saturated heterocycles. The third-order valence-corrected chi connectivity index (χ3v) is 3.43. The van der Waals surface area contributed by atoms with E-state index in [0.717, 1.165) is 35.5 Å². The van der Waals surface area contributed by atoms with Gasteiger partial charge in [-0.25, -0.2) is 0 Å². The van der Waals surface area contributed by atoms with E-state index in [4.69, 9.17) is 4.42 Å². The zero-order valence-electron chi connectivity index (χ0n) is 12.5. The van der Waals surface area contributed by atoms with E-state index in [1.807, 2.05) is 35.1 Å². The molecule has 0 aliphatic rings. The Kier molecular flexibility index (Phi) is 4.06. The van der Waals surface area contributed by atoms with Crippen LogP contribution in [0.4, 0.5) is 0 Å². The van der Waals surface area contributed by atoms with Gasteiger partial charge >= 0.3 is 0 Å². The van der Waals surface area contributed by atoms with Gasteiger partial charge in [0.15, 0.2) is 0 Å². The summed E-state index contributed by atoms with van der Waals surface area (Å²) in [6.07, 6.45) is 1.89. The molecule has 1 aromatic carbocycles. The molecule has 4 nitrogen and oxygen atoms in total. The van der Waals surface area contributed by atoms with Gasteiger partial charge in [-0.3, -0.25) is 4.68 Å². The van der Waals surface area contributed by atoms with E-state index < -0.39 is 0 Å². The van der Waals surface area contributed by atoms with Crippen LogP contribution in [0.3, 0.4) is 0 Å². The third-order valence-electron chi connectivity index (χ3n) is 3.43. The minimum absolute atomic E-state index is 0.648. The number of hydrogen-bond donors (Lipinski definition) is 1. The van der Waals surface area contributed by atoms with Crippen LogP contribution in [0.1, 0.15) is 25.4 Å². The zero-order chi connectivity index (χ0) is 14.7. The summed E-state index contributed by atoms with van der Waals surface area (Å²) < 4.78 is 7.84. The predicted molar refractivity (Wildman–Crippen MR) is 84.1 cm³/mol. The molecular weight excluding hydrogens is 262 g/mol. The molecule has 0 fully saturated rings. The van der Waals surface area contributed by atoms with Gasteiger partial charge in [0.2, 0.25) is 0 Å². The summed E-state index contributed by atoms with van der Waals surface area (Å²) in [5.74, 6) is 2.56. The maximum absolute atomic E-state index is 5.86. The largest absolute Gasteiger partial charge is 0.463 e. The van der Waals surface area contributed by atoms with Crippen LogP contribution in [0.5, 0.6) is 0 Å². The first kappa shape index (κ1) is 13.9. The highest BCUT2D eigenvalue weighted by atomic mass is 16.3. The highest BCUT2D eigenvalue weighted by Gasteiger charge is 2.06. The van der Waals surface area contributed by atoms with Crippen molar-refractivity contribution in [3.8, 4) is 0 Å². The molecule has 0 aliphatic heterocycles. The molecule has 0 amide bonds. The lowest BCUT2D eigenvalue weighted by Crippen LogP contribution is -2.18. The molecule has 110 valence electrons. The molecule has 0 atom stereocenters. The lowest BCUT2D eigenvalue weighted by atomic mass is 10.2. The highest BCUT2D eigenvalue weighted by Crippen LogP contribution is 2.16. The van der Waals surface area contributed by atoms with Gasteiger partial charge in [-0.05, 0) is 30.7 Å². The molecule has 1 N–H and O–H groups in total. The molecule has 2 aromatic heterocycles. The molecule has 0 aliphatic carbocycles. The number of hydrogen-bond acceptors (Lipinski definition) is 3. The number of furan rings is 1. The molecule has 0 radical (unpaired) electrons. The summed E-state index contributed by atoms with van der Waals surface area (Å²) in [6.45, 7) is 6.84. The van der Waals surface area contributed by atoms with Crippen molar-refractivity contribution in [1.29, 1.82) is 0 Å². The van der Waals surface area contributed by atoms with Crippen molar-refractivity contribution >= 4 is 10.9 Å². The van der Waals surface area contributed by atoms with Crippen LogP contribution < -0.4 is 5.32 Å². The Morgan fingerprint density at radius 2 is 1.95 bits per heavy atom. The van der Waals surface area contributed by atoms with Crippen LogP contribution in [0, 0.1) is 5.92 Å². The number of aromatic nitrogens is 2. The fourth-order valence-corrected chi connectivity index (χ4v) is 2.39. The SMILES string of the molecule is CC(C)CNCc1ccc(Cn2ncc3ccccc32)o1. The van der Waals surface area contributed by atoms with Crippen LogP contribution >= 0.6 is 0 Å². The van der Waals surface area contributed by atoms with Crippen molar-refractivity contribution in [2.45, 2.75) is 26.9 Å². The van der Waals surface area contributed by atoms with E-state index in [9.17, 15) is 0 Å². The topological polar surface area (TPSA) is 43.0 Å². The quantitative estimate of drug-likeness (QED) is 0.753. The molecule has 3 aromatic rings. The van der Waals surface area contributed by atoms with E-state index in [-0.39, 0.29) is 0 Å². The van der Waals surface area contributed by atoms with Gasteiger partial charge in [-0.1, -0.05) is 32.0 Å². The first-order valence-electron chi connectivity index (χ1n) is 7.41. The standard InChI is InChI=1S/C17H21N3O/c1-13(2)9-18-11-15-7-8-16(21-15)12-20-17-6-4-3-5-14(17)10-19-20/h3-8,10,13,18H,9,11-12H2,1-2H3. The summed E-state index contributed by atoms with van der Waals surface area (Å²) in [4.78, 5) is 0. The van der Waals surface area contributed by atoms with Crippen molar-refractivity contribution in [3.63, 3.8) is 0 Å². The Balaban J connectivity index is 1.67. The monoisotopic (exact) mass is 283 g/mol. The molecular formula is C17H21N3O. The smallest absolute Gasteiger partial charge is 0.125 e. The summed E-state index contributed by atoms with van der Waals surface area (Å²) in [6, 6.07) is 12.3. The lowest BCUT2D eigenvalue weighted by Gasteiger charge is -2.05. The molecule has 0 bridgehead atoms. The first-order chi connectivity index (χ1) is 10.2. The van der Waals surface area contributed by atoms with E-state index in [1.165, 1.54) is 0 Å². The first-order valence-corrected chi connectivity index (χ1v) is 7.41. The molecule has 0 saturated carbocycles. The molecule has 3 rings (SSSR count). The lowest BCUT2D eigenvalue weighted by molar-refractivity contribution is 0.425. The fraction of sp³-hybridized carbons (Fsp3) is 0.353. The summed E-state index contributed by atoms with van der Waals surface area (Å²) in [5, 5.41) is 8.97. The summed E-state index contributed by atoms with van der Waals surface area (Å²) in [5.41, 5.74) is 1.13. The predicted octanol–water partition coefficient (Wildman–Crippen LogP) is 3.42. The summed E-state index contributed by atoms with van der Waals surface area (Å²) >= 11 is 0. The normalized spacial score (nSPS) is 11.6. The van der Waals surface area contributed by atoms with E-state index in [2.05, 4.69) is 36.4 Å². The van der Waals surface area contributed by atoms with E-state index >= 15 is 0 Å². The molecule has 4 heteroatoms. The van der Waals surface area contributed by atoms with Gasteiger partial charge in [0, 0.05) is 5.39 Å². The average molecular weight is 283 g/mol. The van der Waals surface area contributed by atoms with Crippen molar-refractivity contribution in [3.05, 3.63) is 54.1 Å². The van der Waals surface area contributed by atoms with Gasteiger partial charge in [0.05, 0.1) is 24.8 Å². The number of para-hydroxylation sites is 1. The molecule has 0 unspecified atom stereocenters. The number of rotatable bonds is 6. The highest BCUT2D eigenvalue weighted by molar-refractivity contribution is 5.78. The van der Waals surface area contributed by atoms with E-state index in [0.29, 0.717) is 12.5 Å². The van der Waals surface area contributed by atoms with Crippen LogP contribution in [0.2, 0.25) is 0 Å². The van der Waals surface area contributed by atoms with Crippen LogP contribution in [-0.2, 0) is 13.1 Å². The second kappa shape index (κ2) is 6.14. The van der Waals surface area contributed by atoms with Gasteiger partial charge in [0.25, 0.3) is 0 Å². The second-order valence-electron chi connectivity index (χ2n) is 5.75. The third kappa shape index (κ3) is 3.34. The van der Waals surface area contributed by atoms with Crippen LogP contribution in [-0.4, -0.2) is 16.3 Å². The molecule has 21 heavy (non-hydrogen) atoms. The minimum Gasteiger partial charge on any atom is -0.463 e. The second-order valence-corrected chi connectivity index (χ2v) is 5.75. The Labute approximate surface area is 124 Å². The van der Waals surface area contributed by atoms with Gasteiger partial charge < -0.3 is 9.73 Å². The van der Waals surface area contributed by atoms with Crippen LogP contribution in [0.25, 0.3) is 10.9 Å². The average Bonchev–Trinajstić information content (AvgIpc) is 3.07.